The van der Waals surface area contributed by atoms with Gasteiger partial charge in [-0.15, -0.1) is 0 Å². The van der Waals surface area contributed by atoms with Crippen molar-refractivity contribution in [1.82, 2.24) is 5.48 Å². The maximum absolute atomic E-state index is 14.2. The molecule has 1 saturated carbocycles. The van der Waals surface area contributed by atoms with E-state index in [0.29, 0.717) is 9.64 Å². The van der Waals surface area contributed by atoms with Crippen molar-refractivity contribution in [2.24, 2.45) is 5.92 Å². The summed E-state index contributed by atoms with van der Waals surface area (Å²) in [4.78, 5) is 17.0. The largest absolute Gasteiger partial charge is 0.366 e. The summed E-state index contributed by atoms with van der Waals surface area (Å²) in [5.41, 5.74) is 0.194. The van der Waals surface area contributed by atoms with Crippen molar-refractivity contribution in [1.29, 1.82) is 0 Å². The molecular weight excluding hydrogens is 483 g/mol. The second-order valence-corrected chi connectivity index (χ2v) is 7.18. The predicted molar refractivity (Wildman–Crippen MR) is 96.0 cm³/mol. The molecule has 0 bridgehead atoms. The van der Waals surface area contributed by atoms with Gasteiger partial charge in [0.25, 0.3) is 5.91 Å². The highest BCUT2D eigenvalue weighted by Crippen LogP contribution is 2.33. The quantitative estimate of drug-likeness (QED) is 0.186. The van der Waals surface area contributed by atoms with Crippen LogP contribution in [0.3, 0.4) is 0 Å². The van der Waals surface area contributed by atoms with Crippen LogP contribution in [-0.2, 0) is 4.84 Å². The van der Waals surface area contributed by atoms with Gasteiger partial charge in [0, 0.05) is 9.49 Å². The molecular formula is C17H13F4IN2O3. The number of nitrogens with one attached hydrogen (secondary N) is 2. The van der Waals surface area contributed by atoms with Crippen LogP contribution in [0.2, 0.25) is 0 Å². The molecule has 3 N–H and O–H groups in total. The summed E-state index contributed by atoms with van der Waals surface area (Å²) in [6.45, 7) is 0. The molecule has 2 aromatic carbocycles. The van der Waals surface area contributed by atoms with Crippen molar-refractivity contribution in [3.63, 3.8) is 0 Å². The summed E-state index contributed by atoms with van der Waals surface area (Å²) in [5.74, 6) is -7.17. The van der Waals surface area contributed by atoms with Crippen LogP contribution in [0, 0.1) is 32.8 Å². The van der Waals surface area contributed by atoms with E-state index in [1.807, 2.05) is 28.1 Å². The van der Waals surface area contributed by atoms with E-state index in [2.05, 4.69) is 5.32 Å². The lowest BCUT2D eigenvalue weighted by Gasteiger charge is -2.16. The number of amides is 1. The van der Waals surface area contributed by atoms with Crippen LogP contribution in [-0.4, -0.2) is 17.3 Å². The second kappa shape index (κ2) is 7.98. The molecule has 0 saturated heterocycles. The summed E-state index contributed by atoms with van der Waals surface area (Å²) in [7, 11) is 0. The number of carbonyl (C=O) groups is 1. The SMILES string of the molecule is O=C(NOC(O)C1CC1)c1cc(F)c(F)c(F)c1Nc1ccc(I)cc1F. The van der Waals surface area contributed by atoms with E-state index in [1.165, 1.54) is 12.1 Å². The van der Waals surface area contributed by atoms with Gasteiger partial charge in [-0.05, 0) is 59.7 Å². The minimum Gasteiger partial charge on any atom is -0.366 e. The van der Waals surface area contributed by atoms with Gasteiger partial charge in [0.15, 0.2) is 23.7 Å². The standard InChI is InChI=1S/C17H13F4IN2O3/c18-10-5-8(22)3-4-12(10)23-15-9(6-11(19)13(20)14(15)21)16(25)24-27-17(26)7-1-2-7/h3-7,17,23,26H,1-2H2,(H,24,25). The number of hydrogen-bond donors (Lipinski definition) is 3. The number of anilines is 2. The Hall–Kier alpha value is -1.92. The first kappa shape index (κ1) is 19.8. The minimum atomic E-state index is -1.82. The molecule has 1 unspecified atom stereocenters. The number of aliphatic hydroxyl groups excluding tert-OH is 1. The molecule has 1 aliphatic rings. The van der Waals surface area contributed by atoms with Crippen LogP contribution >= 0.6 is 22.6 Å². The number of rotatable bonds is 6. The average Bonchev–Trinajstić information content (AvgIpc) is 3.46. The van der Waals surface area contributed by atoms with Crippen LogP contribution in [0.25, 0.3) is 0 Å². The molecule has 1 amide bonds. The smallest absolute Gasteiger partial charge is 0.277 e. The van der Waals surface area contributed by atoms with Crippen molar-refractivity contribution in [3.8, 4) is 0 Å². The highest BCUT2D eigenvalue weighted by molar-refractivity contribution is 14.1. The highest BCUT2D eigenvalue weighted by Gasteiger charge is 2.32. The lowest BCUT2D eigenvalue weighted by Crippen LogP contribution is -2.31. The van der Waals surface area contributed by atoms with Crippen LogP contribution in [0.5, 0.6) is 0 Å². The first-order valence-corrected chi connectivity index (χ1v) is 8.89. The summed E-state index contributed by atoms with van der Waals surface area (Å²) in [5, 5.41) is 11.9. The fraction of sp³-hybridized carbons (Fsp3) is 0.235. The van der Waals surface area contributed by atoms with Crippen LogP contribution in [0.15, 0.2) is 24.3 Å². The number of hydroxylamine groups is 1. The average molecular weight is 496 g/mol. The zero-order valence-corrected chi connectivity index (χ0v) is 15.7. The van der Waals surface area contributed by atoms with Gasteiger partial charge < -0.3 is 10.4 Å². The molecule has 0 aliphatic heterocycles. The Kier molecular flexibility index (Phi) is 5.86. The Morgan fingerprint density at radius 3 is 2.48 bits per heavy atom. The van der Waals surface area contributed by atoms with E-state index in [9.17, 15) is 27.5 Å². The van der Waals surface area contributed by atoms with E-state index in [-0.39, 0.29) is 11.6 Å². The Balaban J connectivity index is 1.91. The van der Waals surface area contributed by atoms with Gasteiger partial charge in [-0.3, -0.25) is 4.79 Å². The molecule has 1 atom stereocenters. The van der Waals surface area contributed by atoms with Crippen LogP contribution < -0.4 is 10.8 Å². The summed E-state index contributed by atoms with van der Waals surface area (Å²) in [6, 6.07) is 4.34. The van der Waals surface area contributed by atoms with Gasteiger partial charge in [0.05, 0.1) is 16.9 Å². The van der Waals surface area contributed by atoms with Crippen molar-refractivity contribution in [2.45, 2.75) is 19.1 Å². The maximum atomic E-state index is 14.2. The van der Waals surface area contributed by atoms with E-state index in [1.54, 1.807) is 0 Å². The van der Waals surface area contributed by atoms with E-state index in [4.69, 9.17) is 4.84 Å². The number of aliphatic hydroxyl groups is 1. The van der Waals surface area contributed by atoms with Crippen molar-refractivity contribution >= 4 is 39.9 Å². The molecule has 5 nitrogen and oxygen atoms in total. The maximum Gasteiger partial charge on any atom is 0.277 e. The molecule has 3 rings (SSSR count). The molecule has 0 spiro atoms. The Morgan fingerprint density at radius 2 is 1.85 bits per heavy atom. The molecule has 1 aliphatic carbocycles. The lowest BCUT2D eigenvalue weighted by molar-refractivity contribution is -0.145. The third kappa shape index (κ3) is 4.50. The molecule has 2 aromatic rings. The number of halogens is 5. The zero-order chi connectivity index (χ0) is 19.7. The summed E-state index contributed by atoms with van der Waals surface area (Å²) >= 11 is 1.86. The van der Waals surface area contributed by atoms with Gasteiger partial charge >= 0.3 is 0 Å². The van der Waals surface area contributed by atoms with Crippen molar-refractivity contribution < 1.29 is 32.3 Å². The molecule has 0 aromatic heterocycles. The van der Waals surface area contributed by atoms with Crippen molar-refractivity contribution in [3.05, 3.63) is 56.7 Å². The Bertz CT molecular complexity index is 893. The fourth-order valence-corrected chi connectivity index (χ4v) is 2.72. The number of carbonyl (C=O) groups excluding carboxylic acids is 1. The fourth-order valence-electron chi connectivity index (χ4n) is 2.27. The summed E-state index contributed by atoms with van der Waals surface area (Å²) in [6.07, 6.45) is 0.167. The van der Waals surface area contributed by atoms with Gasteiger partial charge in [-0.25, -0.2) is 27.9 Å². The van der Waals surface area contributed by atoms with Gasteiger partial charge in [0.2, 0.25) is 0 Å². The van der Waals surface area contributed by atoms with Crippen LogP contribution in [0.4, 0.5) is 28.9 Å². The van der Waals surface area contributed by atoms with Crippen molar-refractivity contribution in [2.75, 3.05) is 5.32 Å². The topological polar surface area (TPSA) is 70.6 Å². The first-order valence-electron chi connectivity index (χ1n) is 7.81. The first-order chi connectivity index (χ1) is 12.8. The Labute approximate surface area is 164 Å². The number of benzene rings is 2. The zero-order valence-electron chi connectivity index (χ0n) is 13.5. The normalized spacial score (nSPS) is 14.7. The third-order valence-electron chi connectivity index (χ3n) is 3.90. The molecule has 0 radical (unpaired) electrons. The number of hydrogen-bond acceptors (Lipinski definition) is 4. The van der Waals surface area contributed by atoms with Crippen LogP contribution in [0.1, 0.15) is 23.2 Å². The van der Waals surface area contributed by atoms with Gasteiger partial charge in [0.1, 0.15) is 5.82 Å². The molecule has 27 heavy (non-hydrogen) atoms. The van der Waals surface area contributed by atoms with E-state index >= 15 is 0 Å². The molecule has 144 valence electrons. The lowest BCUT2D eigenvalue weighted by atomic mass is 10.1. The third-order valence-corrected chi connectivity index (χ3v) is 4.57. The van der Waals surface area contributed by atoms with Gasteiger partial charge in [-0.2, -0.15) is 0 Å². The van der Waals surface area contributed by atoms with E-state index in [0.717, 1.165) is 18.9 Å². The predicted octanol–water partition coefficient (Wildman–Crippen LogP) is 3.98. The molecule has 1 fully saturated rings. The summed E-state index contributed by atoms with van der Waals surface area (Å²) < 4.78 is 56.1. The Morgan fingerprint density at radius 1 is 1.15 bits per heavy atom. The van der Waals surface area contributed by atoms with Gasteiger partial charge in [-0.1, -0.05) is 0 Å². The molecule has 0 heterocycles. The highest BCUT2D eigenvalue weighted by atomic mass is 127. The van der Waals surface area contributed by atoms with E-state index < -0.39 is 46.7 Å². The molecule has 10 heteroatoms. The monoisotopic (exact) mass is 496 g/mol. The minimum absolute atomic E-state index is 0.134. The second-order valence-electron chi connectivity index (χ2n) is 5.94.